The molecule has 2 heterocycles. The van der Waals surface area contributed by atoms with E-state index in [2.05, 4.69) is 45.7 Å². The molecule has 0 aliphatic heterocycles. The van der Waals surface area contributed by atoms with Gasteiger partial charge in [0.15, 0.2) is 5.13 Å². The van der Waals surface area contributed by atoms with Crippen LogP contribution in [-0.2, 0) is 0 Å². The maximum Gasteiger partial charge on any atom is 0.255 e. The zero-order chi connectivity index (χ0) is 21.4. The van der Waals surface area contributed by atoms with Crippen LogP contribution in [0.4, 0.5) is 16.6 Å². The summed E-state index contributed by atoms with van der Waals surface area (Å²) in [7, 11) is 0. The summed E-state index contributed by atoms with van der Waals surface area (Å²) in [4.78, 5) is 21.9. The first-order valence-electron chi connectivity index (χ1n) is 9.80. The Morgan fingerprint density at radius 2 is 1.60 bits per heavy atom. The average Bonchev–Trinajstić information content (AvgIpc) is 3.08. The predicted octanol–water partition coefficient (Wildman–Crippen LogP) is 6.23. The second-order valence-corrected chi connectivity index (χ2v) is 8.76. The predicted molar refractivity (Wildman–Crippen MR) is 125 cm³/mol. The number of rotatable bonds is 4. The van der Waals surface area contributed by atoms with Crippen LogP contribution < -0.4 is 10.6 Å². The van der Waals surface area contributed by atoms with Crippen LogP contribution >= 0.6 is 11.3 Å². The van der Waals surface area contributed by atoms with E-state index in [4.69, 9.17) is 0 Å². The molecule has 2 aromatic heterocycles. The number of nitrogens with zero attached hydrogens (tertiary/aromatic N) is 2. The minimum Gasteiger partial charge on any atom is -0.322 e. The van der Waals surface area contributed by atoms with E-state index in [1.807, 2.05) is 52.1 Å². The first-order chi connectivity index (χ1) is 14.3. The van der Waals surface area contributed by atoms with Gasteiger partial charge < -0.3 is 10.6 Å². The van der Waals surface area contributed by atoms with Crippen molar-refractivity contribution in [3.05, 3.63) is 76.0 Å². The number of thiazole rings is 1. The summed E-state index contributed by atoms with van der Waals surface area (Å²) in [6.45, 7) is 10.1. The molecule has 0 bridgehead atoms. The molecule has 152 valence electrons. The Labute approximate surface area is 180 Å². The molecule has 2 aromatic carbocycles. The lowest BCUT2D eigenvalue weighted by Crippen LogP contribution is -2.13. The second kappa shape index (κ2) is 7.88. The summed E-state index contributed by atoms with van der Waals surface area (Å²) in [6, 6.07) is 11.8. The molecule has 0 spiro atoms. The molecule has 0 radical (unpaired) electrons. The molecule has 4 rings (SSSR count). The van der Waals surface area contributed by atoms with Gasteiger partial charge >= 0.3 is 0 Å². The van der Waals surface area contributed by atoms with Gasteiger partial charge in [-0.3, -0.25) is 4.79 Å². The van der Waals surface area contributed by atoms with Gasteiger partial charge in [-0.2, -0.15) is 0 Å². The van der Waals surface area contributed by atoms with E-state index in [0.29, 0.717) is 5.56 Å². The monoisotopic (exact) mass is 416 g/mol. The number of aromatic nitrogens is 2. The van der Waals surface area contributed by atoms with Crippen LogP contribution in [-0.4, -0.2) is 15.9 Å². The number of fused-ring (bicyclic) bond motifs is 1. The van der Waals surface area contributed by atoms with Crippen LogP contribution in [0.2, 0.25) is 0 Å². The minimum atomic E-state index is -0.120. The van der Waals surface area contributed by atoms with Gasteiger partial charge in [0.05, 0.1) is 10.2 Å². The molecule has 5 nitrogen and oxygen atoms in total. The number of nitrogens with one attached hydrogen (secondary N) is 2. The molecule has 0 aliphatic carbocycles. The van der Waals surface area contributed by atoms with E-state index in [1.54, 1.807) is 0 Å². The molecule has 0 aliphatic rings. The summed E-state index contributed by atoms with van der Waals surface area (Å²) >= 11 is 1.51. The van der Waals surface area contributed by atoms with E-state index in [-0.39, 0.29) is 5.91 Å². The van der Waals surface area contributed by atoms with Crippen molar-refractivity contribution in [2.75, 3.05) is 10.6 Å². The second-order valence-electron chi connectivity index (χ2n) is 7.73. The van der Waals surface area contributed by atoms with Crippen LogP contribution in [0.25, 0.3) is 10.2 Å². The van der Waals surface area contributed by atoms with Crippen molar-refractivity contribution in [2.24, 2.45) is 0 Å². The van der Waals surface area contributed by atoms with Crippen molar-refractivity contribution in [1.82, 2.24) is 9.97 Å². The lowest BCUT2D eigenvalue weighted by atomic mass is 10.0. The number of carbonyl (C=O) groups is 1. The number of hydrogen-bond donors (Lipinski definition) is 2. The largest absolute Gasteiger partial charge is 0.322 e. The van der Waals surface area contributed by atoms with E-state index < -0.39 is 0 Å². The number of amides is 1. The molecule has 2 N–H and O–H groups in total. The molecule has 4 aromatic rings. The fourth-order valence-electron chi connectivity index (χ4n) is 3.63. The van der Waals surface area contributed by atoms with Gasteiger partial charge in [-0.1, -0.05) is 35.1 Å². The first-order valence-corrected chi connectivity index (χ1v) is 10.6. The summed E-state index contributed by atoms with van der Waals surface area (Å²) < 4.78 is 0.951. The van der Waals surface area contributed by atoms with Crippen LogP contribution in [0.15, 0.2) is 42.6 Å². The zero-order valence-corrected chi connectivity index (χ0v) is 18.6. The normalized spacial score (nSPS) is 11.0. The molecular formula is C24H24N4OS. The maximum absolute atomic E-state index is 12.9. The van der Waals surface area contributed by atoms with E-state index in [0.717, 1.165) is 49.1 Å². The zero-order valence-electron chi connectivity index (χ0n) is 17.8. The van der Waals surface area contributed by atoms with Gasteiger partial charge in [-0.15, -0.1) is 0 Å². The lowest BCUT2D eigenvalue weighted by molar-refractivity contribution is 0.102. The average molecular weight is 417 g/mol. The Hall–Kier alpha value is -3.25. The molecule has 0 unspecified atom stereocenters. The Kier molecular flexibility index (Phi) is 5.26. The van der Waals surface area contributed by atoms with E-state index in [9.17, 15) is 4.79 Å². The number of carbonyl (C=O) groups excluding carboxylic acids is 1. The van der Waals surface area contributed by atoms with Crippen LogP contribution in [0.3, 0.4) is 0 Å². The van der Waals surface area contributed by atoms with Crippen LogP contribution in [0.1, 0.15) is 38.2 Å². The Morgan fingerprint density at radius 1 is 0.900 bits per heavy atom. The number of hydrogen-bond acceptors (Lipinski definition) is 5. The Morgan fingerprint density at radius 3 is 2.30 bits per heavy atom. The molecule has 0 saturated carbocycles. The van der Waals surface area contributed by atoms with Crippen molar-refractivity contribution < 1.29 is 4.79 Å². The quantitative estimate of drug-likeness (QED) is 0.414. The van der Waals surface area contributed by atoms with Crippen molar-refractivity contribution in [3.63, 3.8) is 0 Å². The maximum atomic E-state index is 12.9. The fraction of sp³-hybridized carbons (Fsp3) is 0.208. The summed E-state index contributed by atoms with van der Waals surface area (Å²) in [5.41, 5.74) is 7.84. The van der Waals surface area contributed by atoms with Crippen molar-refractivity contribution in [1.29, 1.82) is 0 Å². The smallest absolute Gasteiger partial charge is 0.255 e. The van der Waals surface area contributed by atoms with Gasteiger partial charge in [0.25, 0.3) is 5.91 Å². The fourth-order valence-corrected chi connectivity index (χ4v) is 4.53. The lowest BCUT2D eigenvalue weighted by Gasteiger charge is -2.12. The number of aryl methyl sites for hydroxylation is 5. The van der Waals surface area contributed by atoms with Crippen molar-refractivity contribution in [2.45, 2.75) is 34.6 Å². The van der Waals surface area contributed by atoms with Crippen LogP contribution in [0.5, 0.6) is 0 Å². The minimum absolute atomic E-state index is 0.120. The third-order valence-corrected chi connectivity index (χ3v) is 5.94. The summed E-state index contributed by atoms with van der Waals surface area (Å²) in [6.07, 6.45) is 1.83. The van der Waals surface area contributed by atoms with Gasteiger partial charge in [0, 0.05) is 17.4 Å². The summed E-state index contributed by atoms with van der Waals surface area (Å²) in [5.74, 6) is 0.675. The van der Waals surface area contributed by atoms with Crippen molar-refractivity contribution in [3.8, 4) is 0 Å². The first kappa shape index (κ1) is 20.0. The molecule has 30 heavy (non-hydrogen) atoms. The van der Waals surface area contributed by atoms with E-state index >= 15 is 0 Å². The molecule has 6 heteroatoms. The van der Waals surface area contributed by atoms with Crippen molar-refractivity contribution >= 4 is 44.1 Å². The third-order valence-electron chi connectivity index (χ3n) is 5.01. The molecule has 0 fully saturated rings. The Bertz CT molecular complexity index is 1250. The number of benzene rings is 2. The topological polar surface area (TPSA) is 66.9 Å². The number of anilines is 3. The van der Waals surface area contributed by atoms with Gasteiger partial charge in [-0.25, -0.2) is 9.97 Å². The SMILES string of the molecule is Cc1cnc(Nc2nc3ccc(C(=O)Nc4c(C)cc(C)cc4C)cc3s2)c(C)c1. The van der Waals surface area contributed by atoms with Gasteiger partial charge in [-0.05, 0) is 75.1 Å². The highest BCUT2D eigenvalue weighted by molar-refractivity contribution is 7.22. The van der Waals surface area contributed by atoms with Crippen LogP contribution in [0, 0.1) is 34.6 Å². The Balaban J connectivity index is 1.58. The highest BCUT2D eigenvalue weighted by atomic mass is 32.1. The van der Waals surface area contributed by atoms with E-state index in [1.165, 1.54) is 16.9 Å². The number of pyridine rings is 1. The summed E-state index contributed by atoms with van der Waals surface area (Å²) in [5, 5.41) is 7.12. The molecule has 1 amide bonds. The molecule has 0 saturated heterocycles. The van der Waals surface area contributed by atoms with Gasteiger partial charge in [0.2, 0.25) is 0 Å². The highest BCUT2D eigenvalue weighted by Gasteiger charge is 2.13. The molecular weight excluding hydrogens is 392 g/mol. The standard InChI is InChI=1S/C24H24N4OS/c1-13-8-15(3)21(16(4)9-13)27-23(29)18-6-7-19-20(11-18)30-24(26-19)28-22-17(5)10-14(2)12-25-22/h6-12H,1-5H3,(H,27,29)(H,25,26,28). The highest BCUT2D eigenvalue weighted by Crippen LogP contribution is 2.30. The third kappa shape index (κ3) is 4.04. The van der Waals surface area contributed by atoms with Gasteiger partial charge in [0.1, 0.15) is 5.82 Å². The molecule has 0 atom stereocenters.